The molecule has 0 aliphatic rings. The van der Waals surface area contributed by atoms with Crippen molar-refractivity contribution in [3.8, 4) is 0 Å². The van der Waals surface area contributed by atoms with Gasteiger partial charge in [0.25, 0.3) is 0 Å². The summed E-state index contributed by atoms with van der Waals surface area (Å²) in [6.07, 6.45) is 4.57. The summed E-state index contributed by atoms with van der Waals surface area (Å²) in [7, 11) is 0. The predicted octanol–water partition coefficient (Wildman–Crippen LogP) is 1.51. The monoisotopic (exact) mass is 302 g/mol. The molecule has 22 heavy (non-hydrogen) atoms. The lowest BCUT2D eigenvalue weighted by molar-refractivity contribution is 0.0697. The molecule has 7 nitrogen and oxygen atoms in total. The average Bonchev–Trinajstić information content (AvgIpc) is 2.89. The summed E-state index contributed by atoms with van der Waals surface area (Å²) in [5.41, 5.74) is 8.54. The summed E-state index contributed by atoms with van der Waals surface area (Å²) < 4.78 is 0. The molecule has 0 saturated carbocycles. The number of carboxylic acid groups (broad SMARTS) is 1. The Balaban J connectivity index is 2.09. The molecule has 0 amide bonds. The fourth-order valence-electron chi connectivity index (χ4n) is 2.23. The molecule has 0 fully saturated rings. The second-order valence-corrected chi connectivity index (χ2v) is 4.73. The van der Waals surface area contributed by atoms with Gasteiger partial charge in [0.15, 0.2) is 0 Å². The van der Waals surface area contributed by atoms with Crippen LogP contribution in [-0.4, -0.2) is 22.4 Å². The molecule has 0 unspecified atom stereocenters. The van der Waals surface area contributed by atoms with Gasteiger partial charge < -0.3 is 15.8 Å². The van der Waals surface area contributed by atoms with Crippen LogP contribution in [-0.2, 0) is 24.3 Å². The number of benzene rings is 1. The van der Waals surface area contributed by atoms with Crippen LogP contribution >= 0.6 is 0 Å². The van der Waals surface area contributed by atoms with Crippen molar-refractivity contribution < 1.29 is 14.7 Å². The molecule has 0 spiro atoms. The first kappa shape index (κ1) is 15.7. The lowest BCUT2D eigenvalue weighted by Crippen LogP contribution is -2.02. The number of aliphatic imine (C=N–C) groups is 1. The van der Waals surface area contributed by atoms with Crippen LogP contribution in [0.4, 0.5) is 5.82 Å². The van der Waals surface area contributed by atoms with Gasteiger partial charge in [-0.1, -0.05) is 12.1 Å². The lowest BCUT2D eigenvalue weighted by atomic mass is 10.0. The van der Waals surface area contributed by atoms with Gasteiger partial charge in [-0.05, 0) is 36.1 Å². The van der Waals surface area contributed by atoms with Crippen molar-refractivity contribution in [2.75, 3.05) is 0 Å². The number of carboxylic acids is 1. The molecule has 0 aliphatic heterocycles. The molecular formula is C15H18N4O3. The second kappa shape index (κ2) is 7.39. The lowest BCUT2D eigenvalue weighted by Gasteiger charge is -2.05. The SMILES string of the molecule is NC=Nc1[nH]cc(CCc2ccc(C(=O)O)cc2)c1CON. The van der Waals surface area contributed by atoms with Gasteiger partial charge in [-0.15, -0.1) is 0 Å². The highest BCUT2D eigenvalue weighted by molar-refractivity contribution is 5.87. The Bertz CT molecular complexity index is 662. The van der Waals surface area contributed by atoms with Crippen LogP contribution in [0.5, 0.6) is 0 Å². The molecule has 6 N–H and O–H groups in total. The number of hydrogen-bond donors (Lipinski definition) is 4. The first-order chi connectivity index (χ1) is 10.7. The molecule has 0 aliphatic carbocycles. The zero-order chi connectivity index (χ0) is 15.9. The minimum atomic E-state index is -0.927. The van der Waals surface area contributed by atoms with E-state index in [0.717, 1.165) is 29.5 Å². The number of nitrogens with zero attached hydrogens (tertiary/aromatic N) is 1. The first-order valence-corrected chi connectivity index (χ1v) is 6.73. The zero-order valence-electron chi connectivity index (χ0n) is 12.0. The van der Waals surface area contributed by atoms with Crippen molar-refractivity contribution in [2.24, 2.45) is 16.6 Å². The van der Waals surface area contributed by atoms with E-state index in [4.69, 9.17) is 21.6 Å². The third-order valence-corrected chi connectivity index (χ3v) is 3.37. The van der Waals surface area contributed by atoms with E-state index in [1.165, 1.54) is 6.34 Å². The standard InChI is InChI=1S/C15H18N4O3/c16-9-19-14-13(8-22-17)12(7-18-14)6-3-10-1-4-11(5-2-10)15(20)21/h1-2,4-5,7,9,18H,3,6,8,17H2,(H2,16,19)(H,20,21). The second-order valence-electron chi connectivity index (χ2n) is 4.73. The fraction of sp³-hybridized carbons (Fsp3) is 0.200. The summed E-state index contributed by atoms with van der Waals surface area (Å²) in [5.74, 6) is 4.86. The van der Waals surface area contributed by atoms with Crippen LogP contribution < -0.4 is 11.6 Å². The van der Waals surface area contributed by atoms with Gasteiger partial charge in [0.05, 0.1) is 18.5 Å². The van der Waals surface area contributed by atoms with Crippen LogP contribution in [0, 0.1) is 0 Å². The van der Waals surface area contributed by atoms with Crippen LogP contribution in [0.2, 0.25) is 0 Å². The normalized spacial score (nSPS) is 11.1. The summed E-state index contributed by atoms with van der Waals surface area (Å²) in [6.45, 7) is 0.240. The van der Waals surface area contributed by atoms with Crippen molar-refractivity contribution >= 4 is 18.1 Å². The van der Waals surface area contributed by atoms with Crippen molar-refractivity contribution in [2.45, 2.75) is 19.4 Å². The Hall–Kier alpha value is -2.64. The first-order valence-electron chi connectivity index (χ1n) is 6.73. The Kier molecular flexibility index (Phi) is 5.29. The van der Waals surface area contributed by atoms with Gasteiger partial charge in [-0.3, -0.25) is 4.84 Å². The Morgan fingerprint density at radius 1 is 1.32 bits per heavy atom. The molecule has 0 saturated heterocycles. The summed E-state index contributed by atoms with van der Waals surface area (Å²) in [5, 5.41) is 8.88. The summed E-state index contributed by atoms with van der Waals surface area (Å²) >= 11 is 0. The average molecular weight is 302 g/mol. The number of rotatable bonds is 7. The molecule has 2 aromatic rings. The van der Waals surface area contributed by atoms with Crippen LogP contribution in [0.25, 0.3) is 0 Å². The highest BCUT2D eigenvalue weighted by Gasteiger charge is 2.11. The van der Waals surface area contributed by atoms with Gasteiger partial charge in [0.1, 0.15) is 5.82 Å². The van der Waals surface area contributed by atoms with Crippen LogP contribution in [0.15, 0.2) is 35.5 Å². The number of aromatic nitrogens is 1. The van der Waals surface area contributed by atoms with Gasteiger partial charge in [0, 0.05) is 11.8 Å². The predicted molar refractivity (Wildman–Crippen MR) is 82.9 cm³/mol. The molecule has 7 heteroatoms. The smallest absolute Gasteiger partial charge is 0.335 e. The Morgan fingerprint density at radius 3 is 2.64 bits per heavy atom. The Labute approximate surface area is 127 Å². The Morgan fingerprint density at radius 2 is 2.05 bits per heavy atom. The highest BCUT2D eigenvalue weighted by atomic mass is 16.6. The van der Waals surface area contributed by atoms with E-state index in [1.54, 1.807) is 12.1 Å². The van der Waals surface area contributed by atoms with Crippen molar-refractivity contribution in [3.63, 3.8) is 0 Å². The molecule has 1 aromatic carbocycles. The number of nitrogens with one attached hydrogen (secondary N) is 1. The number of carbonyl (C=O) groups is 1. The van der Waals surface area contributed by atoms with Gasteiger partial charge in [0.2, 0.25) is 0 Å². The third kappa shape index (κ3) is 3.72. The minimum absolute atomic E-state index is 0.240. The number of aryl methyl sites for hydroxylation is 2. The number of nitrogens with two attached hydrogens (primary N) is 2. The van der Waals surface area contributed by atoms with Crippen molar-refractivity contribution in [3.05, 3.63) is 52.7 Å². The molecular weight excluding hydrogens is 284 g/mol. The van der Waals surface area contributed by atoms with E-state index in [0.29, 0.717) is 5.82 Å². The number of aromatic carboxylic acids is 1. The topological polar surface area (TPSA) is 127 Å². The quantitative estimate of drug-likeness (QED) is 0.350. The van der Waals surface area contributed by atoms with Gasteiger partial charge in [-0.25, -0.2) is 15.7 Å². The van der Waals surface area contributed by atoms with E-state index >= 15 is 0 Å². The molecule has 2 rings (SSSR count). The fourth-order valence-corrected chi connectivity index (χ4v) is 2.23. The maximum atomic E-state index is 10.8. The van der Waals surface area contributed by atoms with E-state index in [1.807, 2.05) is 18.3 Å². The van der Waals surface area contributed by atoms with Crippen molar-refractivity contribution in [1.29, 1.82) is 0 Å². The molecule has 0 atom stereocenters. The summed E-state index contributed by atoms with van der Waals surface area (Å²) in [6, 6.07) is 6.83. The molecule has 1 heterocycles. The number of hydrogen-bond acceptors (Lipinski definition) is 4. The van der Waals surface area contributed by atoms with Crippen LogP contribution in [0.1, 0.15) is 27.0 Å². The maximum absolute atomic E-state index is 10.8. The molecule has 0 radical (unpaired) electrons. The zero-order valence-corrected chi connectivity index (χ0v) is 12.0. The van der Waals surface area contributed by atoms with E-state index in [-0.39, 0.29) is 12.2 Å². The van der Waals surface area contributed by atoms with E-state index in [9.17, 15) is 4.79 Å². The molecule has 1 aromatic heterocycles. The molecule has 0 bridgehead atoms. The maximum Gasteiger partial charge on any atom is 0.335 e. The van der Waals surface area contributed by atoms with Crippen molar-refractivity contribution in [1.82, 2.24) is 4.98 Å². The third-order valence-electron chi connectivity index (χ3n) is 3.37. The van der Waals surface area contributed by atoms with Gasteiger partial charge >= 0.3 is 5.97 Å². The van der Waals surface area contributed by atoms with Gasteiger partial charge in [-0.2, -0.15) is 0 Å². The number of H-pyrrole nitrogens is 1. The highest BCUT2D eigenvalue weighted by Crippen LogP contribution is 2.23. The van der Waals surface area contributed by atoms with E-state index < -0.39 is 5.97 Å². The van der Waals surface area contributed by atoms with Crippen LogP contribution in [0.3, 0.4) is 0 Å². The number of aromatic amines is 1. The van der Waals surface area contributed by atoms with E-state index in [2.05, 4.69) is 9.98 Å². The minimum Gasteiger partial charge on any atom is -0.478 e. The molecule has 116 valence electrons. The largest absolute Gasteiger partial charge is 0.478 e. The summed E-state index contributed by atoms with van der Waals surface area (Å²) in [4.78, 5) is 22.6.